The van der Waals surface area contributed by atoms with Crippen LogP contribution in [0.2, 0.25) is 37.9 Å². The maximum Gasteiger partial charge on any atom is 0.293 e. The van der Waals surface area contributed by atoms with Gasteiger partial charge in [-0.05, 0) is 71.2 Å². The third kappa shape index (κ3) is 26.9. The maximum absolute atomic E-state index is 13.2. The second-order valence-electron chi connectivity index (χ2n) is 23.4. The molecule has 3 heterocycles. The summed E-state index contributed by atoms with van der Waals surface area (Å²) in [6.45, 7) is 18.7. The number of carbonyl (C=O) groups excluding carboxylic acids is 6. The van der Waals surface area contributed by atoms with Gasteiger partial charge in [-0.15, -0.1) is 0 Å². The SMILES string of the molecule is COB(C)[C@@H](CC(=O)[C@@H](Cc1ccccc1)NC(=O)c1cnccn1)CC(C)C.COB(C)[C@@H](CC(=O)[C@H](Cc1ccccc1)NC(=O)c1cnccn1)CC(C)C.COB(C)[C@H](CC(=O)[C@H](Cc1ccccc1)NC(=O)c1cnccn1)CC(C)C. The normalized spacial score (nSPS) is 13.0. The van der Waals surface area contributed by atoms with Crippen LogP contribution in [0.4, 0.5) is 0 Å². The molecule has 3 aromatic carbocycles. The van der Waals surface area contributed by atoms with Gasteiger partial charge in [0.2, 0.25) is 0 Å². The van der Waals surface area contributed by atoms with Crippen LogP contribution in [0.3, 0.4) is 0 Å². The number of carbonyl (C=O) groups is 6. The standard InChI is InChI=1S/3C22H30BN3O3/c3*1-16(2)12-18(23(3)29-4)14-21(27)19(13-17-8-6-5-7-9-17)26-22(28)20-15-24-10-11-25-20/h3*5-11,15-16,18-19H,12-14H2,1-4H3,(H,26,28)/t18-,19+;2*18-,19-/m110/s1. The smallest absolute Gasteiger partial charge is 0.293 e. The quantitative estimate of drug-likeness (QED) is 0.0325. The summed E-state index contributed by atoms with van der Waals surface area (Å²) >= 11 is 0. The van der Waals surface area contributed by atoms with E-state index in [-0.39, 0.29) is 72.6 Å². The second kappa shape index (κ2) is 39.2. The van der Waals surface area contributed by atoms with Gasteiger partial charge in [-0.1, -0.05) is 172 Å². The van der Waals surface area contributed by atoms with Crippen LogP contribution in [-0.2, 0) is 47.6 Å². The second-order valence-corrected chi connectivity index (χ2v) is 23.4. The molecule has 0 saturated heterocycles. The van der Waals surface area contributed by atoms with E-state index >= 15 is 0 Å². The van der Waals surface area contributed by atoms with Crippen molar-refractivity contribution in [3.63, 3.8) is 0 Å². The van der Waals surface area contributed by atoms with Crippen molar-refractivity contribution < 1.29 is 42.7 Å². The molecule has 3 N–H and O–H groups in total. The van der Waals surface area contributed by atoms with E-state index in [9.17, 15) is 28.8 Å². The predicted octanol–water partition coefficient (Wildman–Crippen LogP) is 10.4. The summed E-state index contributed by atoms with van der Waals surface area (Å²) in [5.41, 5.74) is 3.56. The van der Waals surface area contributed by atoms with E-state index < -0.39 is 35.8 Å². The predicted molar refractivity (Wildman–Crippen MR) is 345 cm³/mol. The van der Waals surface area contributed by atoms with E-state index in [0.717, 1.165) is 36.0 Å². The lowest BCUT2D eigenvalue weighted by Crippen LogP contribution is -2.43. The average molecular weight is 1190 g/mol. The van der Waals surface area contributed by atoms with Crippen LogP contribution in [0.15, 0.2) is 147 Å². The van der Waals surface area contributed by atoms with E-state index in [1.54, 1.807) is 21.3 Å². The van der Waals surface area contributed by atoms with Crippen LogP contribution in [-0.4, -0.2) is 125 Å². The maximum atomic E-state index is 13.2. The van der Waals surface area contributed by atoms with E-state index in [0.29, 0.717) is 56.3 Å². The van der Waals surface area contributed by atoms with Crippen molar-refractivity contribution in [3.8, 4) is 0 Å². The molecule has 0 aliphatic rings. The summed E-state index contributed by atoms with van der Waals surface area (Å²) in [6.07, 6.45) is 18.1. The Morgan fingerprint density at radius 2 is 0.632 bits per heavy atom. The lowest BCUT2D eigenvalue weighted by Gasteiger charge is -2.24. The lowest BCUT2D eigenvalue weighted by molar-refractivity contribution is -0.121. The van der Waals surface area contributed by atoms with Crippen molar-refractivity contribution in [1.82, 2.24) is 45.9 Å². The number of Topliss-reactive ketones (excluding diaryl/α,β-unsaturated/α-hetero) is 3. The zero-order valence-corrected chi connectivity index (χ0v) is 53.0. The molecule has 21 heteroatoms. The van der Waals surface area contributed by atoms with Crippen molar-refractivity contribution in [3.05, 3.63) is 181 Å². The Labute approximate surface area is 517 Å². The highest BCUT2D eigenvalue weighted by Gasteiger charge is 2.33. The minimum Gasteiger partial charge on any atom is -0.438 e. The summed E-state index contributed by atoms with van der Waals surface area (Å²) in [5.74, 6) is 0.457. The number of hydrogen-bond acceptors (Lipinski definition) is 15. The van der Waals surface area contributed by atoms with E-state index in [1.165, 1.54) is 55.8 Å². The number of benzene rings is 3. The van der Waals surface area contributed by atoms with Gasteiger partial charge in [0.1, 0.15) is 17.1 Å². The van der Waals surface area contributed by atoms with E-state index in [1.807, 2.05) is 111 Å². The van der Waals surface area contributed by atoms with Crippen molar-refractivity contribution in [2.24, 2.45) is 17.8 Å². The fraction of sp³-hybridized carbons (Fsp3) is 0.455. The number of ketones is 3. The number of hydrogen-bond donors (Lipinski definition) is 3. The minimum atomic E-state index is -0.634. The van der Waals surface area contributed by atoms with Crippen molar-refractivity contribution in [2.45, 2.75) is 155 Å². The highest BCUT2D eigenvalue weighted by atomic mass is 16.4. The molecule has 3 aromatic heterocycles. The first-order chi connectivity index (χ1) is 41.7. The molecule has 0 unspecified atom stereocenters. The Kier molecular flexibility index (Phi) is 32.4. The van der Waals surface area contributed by atoms with Crippen molar-refractivity contribution in [1.29, 1.82) is 0 Å². The van der Waals surface area contributed by atoms with E-state index in [2.05, 4.69) is 87.4 Å². The van der Waals surface area contributed by atoms with Crippen LogP contribution >= 0.6 is 0 Å². The molecule has 0 radical (unpaired) electrons. The van der Waals surface area contributed by atoms with Gasteiger partial charge in [0.05, 0.1) is 36.7 Å². The number of rotatable bonds is 33. The molecule has 0 spiro atoms. The Balaban J connectivity index is 0.000000279. The van der Waals surface area contributed by atoms with Crippen molar-refractivity contribution in [2.75, 3.05) is 21.3 Å². The summed E-state index contributed by atoms with van der Waals surface area (Å²) in [6, 6.07) is 27.2. The molecule has 6 aromatic rings. The average Bonchev–Trinajstić information content (AvgIpc) is 3.62. The number of aromatic nitrogens is 6. The molecule has 0 fully saturated rings. The fourth-order valence-corrected chi connectivity index (χ4v) is 10.1. The first-order valence-electron chi connectivity index (χ1n) is 30.2. The molecule has 3 amide bonds. The van der Waals surface area contributed by atoms with Gasteiger partial charge in [0.15, 0.2) is 17.3 Å². The monoisotopic (exact) mass is 1190 g/mol. The van der Waals surface area contributed by atoms with Crippen LogP contribution in [0.25, 0.3) is 0 Å². The molecule has 0 aliphatic carbocycles. The van der Waals surface area contributed by atoms with Gasteiger partial charge < -0.3 is 29.9 Å². The Morgan fingerprint density at radius 3 is 0.828 bits per heavy atom. The van der Waals surface area contributed by atoms with Gasteiger partial charge >= 0.3 is 0 Å². The Hall–Kier alpha value is -7.61. The van der Waals surface area contributed by atoms with Crippen LogP contribution in [0.1, 0.15) is 128 Å². The van der Waals surface area contributed by atoms with E-state index in [4.69, 9.17) is 14.0 Å². The molecule has 6 rings (SSSR count). The number of amides is 3. The summed E-state index contributed by atoms with van der Waals surface area (Å²) < 4.78 is 16.5. The van der Waals surface area contributed by atoms with Gasteiger partial charge in [-0.25, -0.2) is 15.0 Å². The first kappa shape index (κ1) is 71.9. The summed E-state index contributed by atoms with van der Waals surface area (Å²) in [4.78, 5) is 101. The number of nitrogens with zero attached hydrogens (tertiary/aromatic N) is 6. The van der Waals surface area contributed by atoms with Gasteiger partial charge in [-0.3, -0.25) is 43.7 Å². The van der Waals surface area contributed by atoms with Crippen LogP contribution in [0.5, 0.6) is 0 Å². The zero-order chi connectivity index (χ0) is 63.7. The Bertz CT molecular complexity index is 2630. The molecular formula is C66H90B3N9O9. The van der Waals surface area contributed by atoms with Crippen LogP contribution in [0, 0.1) is 17.8 Å². The molecule has 462 valence electrons. The molecule has 87 heavy (non-hydrogen) atoms. The lowest BCUT2D eigenvalue weighted by atomic mass is 9.54. The zero-order valence-electron chi connectivity index (χ0n) is 53.0. The van der Waals surface area contributed by atoms with Gasteiger partial charge in [0, 0.05) is 77.8 Å². The van der Waals surface area contributed by atoms with Crippen molar-refractivity contribution >= 4 is 55.8 Å². The summed E-state index contributed by atoms with van der Waals surface area (Å²) in [7, 11) is 5.00. The minimum absolute atomic E-state index is 0.000596. The fourth-order valence-electron chi connectivity index (χ4n) is 10.1. The van der Waals surface area contributed by atoms with Crippen LogP contribution < -0.4 is 16.0 Å². The third-order valence-electron chi connectivity index (χ3n) is 15.1. The summed E-state index contributed by atoms with van der Waals surface area (Å²) in [5, 5.41) is 8.60. The molecule has 6 atom stereocenters. The molecule has 0 bridgehead atoms. The van der Waals surface area contributed by atoms with Gasteiger partial charge in [-0.2, -0.15) is 0 Å². The first-order valence-corrected chi connectivity index (χ1v) is 30.2. The molecule has 0 aliphatic heterocycles. The molecular weight excluding hydrogens is 1100 g/mol. The third-order valence-corrected chi connectivity index (χ3v) is 15.1. The number of nitrogens with one attached hydrogen (secondary N) is 3. The highest BCUT2D eigenvalue weighted by molar-refractivity contribution is 6.53. The Morgan fingerprint density at radius 1 is 0.391 bits per heavy atom. The van der Waals surface area contributed by atoms with Gasteiger partial charge in [0.25, 0.3) is 38.5 Å². The highest BCUT2D eigenvalue weighted by Crippen LogP contribution is 2.29. The largest absolute Gasteiger partial charge is 0.438 e. The topological polar surface area (TPSA) is 244 Å². The molecule has 18 nitrogen and oxygen atoms in total. The molecule has 0 saturated carbocycles.